The van der Waals surface area contributed by atoms with Crippen molar-refractivity contribution in [3.63, 3.8) is 0 Å². The Morgan fingerprint density at radius 3 is 2.21 bits per heavy atom. The molecule has 0 saturated carbocycles. The molecule has 0 saturated heterocycles. The minimum atomic E-state index is -4.00. The molecule has 0 amide bonds. The first-order valence-corrected chi connectivity index (χ1v) is 12.2. The van der Waals surface area contributed by atoms with Crippen LogP contribution < -0.4 is 0 Å². The van der Waals surface area contributed by atoms with Crippen LogP contribution >= 0.6 is 11.6 Å². The molecule has 3 aromatic rings. The SMILES string of the molecule is CS(=O)(=O)c1ccc2c(c1)c1c(n2S(=O)(=O)c2ccc(Cl)cc2)CCCC1=O. The topological polar surface area (TPSA) is 90.3 Å². The van der Waals surface area contributed by atoms with Crippen molar-refractivity contribution in [2.75, 3.05) is 6.26 Å². The van der Waals surface area contributed by atoms with Gasteiger partial charge < -0.3 is 0 Å². The second-order valence-corrected chi connectivity index (χ2v) is 11.0. The standard InChI is InChI=1S/C19H16ClNO5S2/c1-27(23,24)14-9-10-16-15(11-14)19-17(3-2-4-18(19)22)21(16)28(25,26)13-7-5-12(20)6-8-13/h5-11H,2-4H2,1H3. The summed E-state index contributed by atoms with van der Waals surface area (Å²) < 4.78 is 51.8. The summed E-state index contributed by atoms with van der Waals surface area (Å²) in [6.45, 7) is 0. The molecule has 0 bridgehead atoms. The molecule has 2 aromatic carbocycles. The van der Waals surface area contributed by atoms with Crippen LogP contribution in [0.2, 0.25) is 5.02 Å². The van der Waals surface area contributed by atoms with E-state index >= 15 is 0 Å². The minimum Gasteiger partial charge on any atom is -0.294 e. The quantitative estimate of drug-likeness (QED) is 0.625. The van der Waals surface area contributed by atoms with Crippen LogP contribution in [0.5, 0.6) is 0 Å². The second-order valence-electron chi connectivity index (χ2n) is 6.77. The van der Waals surface area contributed by atoms with E-state index in [-0.39, 0.29) is 15.6 Å². The Bertz CT molecular complexity index is 1340. The van der Waals surface area contributed by atoms with Gasteiger partial charge in [-0.2, -0.15) is 0 Å². The molecule has 0 N–H and O–H groups in total. The monoisotopic (exact) mass is 437 g/mol. The van der Waals surface area contributed by atoms with Gasteiger partial charge in [0.25, 0.3) is 10.0 Å². The molecule has 1 aliphatic rings. The van der Waals surface area contributed by atoms with E-state index in [1.54, 1.807) is 0 Å². The molecule has 0 unspecified atom stereocenters. The van der Waals surface area contributed by atoms with E-state index in [9.17, 15) is 21.6 Å². The number of carbonyl (C=O) groups is 1. The Morgan fingerprint density at radius 2 is 1.57 bits per heavy atom. The third-order valence-corrected chi connectivity index (χ3v) is 7.99. The first-order valence-electron chi connectivity index (χ1n) is 8.52. The van der Waals surface area contributed by atoms with Gasteiger partial charge in [0, 0.05) is 34.3 Å². The lowest BCUT2D eigenvalue weighted by molar-refractivity contribution is 0.0974. The van der Waals surface area contributed by atoms with E-state index in [1.165, 1.54) is 46.4 Å². The van der Waals surface area contributed by atoms with E-state index in [0.717, 1.165) is 6.26 Å². The van der Waals surface area contributed by atoms with Crippen molar-refractivity contribution in [2.45, 2.75) is 29.1 Å². The lowest BCUT2D eigenvalue weighted by atomic mass is 9.94. The van der Waals surface area contributed by atoms with Crippen LogP contribution in [0, 0.1) is 0 Å². The summed E-state index contributed by atoms with van der Waals surface area (Å²) in [6.07, 6.45) is 2.33. The number of hydrogen-bond acceptors (Lipinski definition) is 5. The van der Waals surface area contributed by atoms with Crippen LogP contribution in [0.1, 0.15) is 28.9 Å². The molecular weight excluding hydrogens is 422 g/mol. The number of halogens is 1. The number of fused-ring (bicyclic) bond motifs is 3. The summed E-state index contributed by atoms with van der Waals surface area (Å²) >= 11 is 5.87. The smallest absolute Gasteiger partial charge is 0.268 e. The van der Waals surface area contributed by atoms with E-state index in [2.05, 4.69) is 0 Å². The maximum absolute atomic E-state index is 13.4. The van der Waals surface area contributed by atoms with Gasteiger partial charge in [0.2, 0.25) is 0 Å². The zero-order valence-corrected chi connectivity index (χ0v) is 17.2. The molecule has 4 rings (SSSR count). The summed E-state index contributed by atoms with van der Waals surface area (Å²) in [5.41, 5.74) is 0.985. The Hall–Kier alpha value is -2.16. The molecule has 1 aliphatic carbocycles. The fraction of sp³-hybridized carbons (Fsp3) is 0.211. The summed E-state index contributed by atoms with van der Waals surface area (Å²) in [7, 11) is -7.50. The normalized spacial score (nSPS) is 15.0. The van der Waals surface area contributed by atoms with E-state index < -0.39 is 19.9 Å². The third kappa shape index (κ3) is 2.96. The molecule has 1 aromatic heterocycles. The van der Waals surface area contributed by atoms with Gasteiger partial charge in [-0.1, -0.05) is 11.6 Å². The molecule has 0 fully saturated rings. The second kappa shape index (κ2) is 6.43. The lowest BCUT2D eigenvalue weighted by Gasteiger charge is -2.15. The number of sulfone groups is 1. The summed E-state index contributed by atoms with van der Waals surface area (Å²) in [6, 6.07) is 9.99. The predicted molar refractivity (Wildman–Crippen MR) is 106 cm³/mol. The van der Waals surface area contributed by atoms with Crippen molar-refractivity contribution >= 4 is 48.1 Å². The van der Waals surface area contributed by atoms with Crippen LogP contribution in [0.4, 0.5) is 0 Å². The van der Waals surface area contributed by atoms with Crippen molar-refractivity contribution in [1.82, 2.24) is 3.97 Å². The molecule has 6 nitrogen and oxygen atoms in total. The Balaban J connectivity index is 2.09. The van der Waals surface area contributed by atoms with Gasteiger partial charge in [-0.3, -0.25) is 4.79 Å². The largest absolute Gasteiger partial charge is 0.294 e. The molecule has 28 heavy (non-hydrogen) atoms. The number of nitrogens with zero attached hydrogens (tertiary/aromatic N) is 1. The number of ketones is 1. The van der Waals surface area contributed by atoms with Gasteiger partial charge in [0.1, 0.15) is 0 Å². The van der Waals surface area contributed by atoms with Crippen molar-refractivity contribution in [3.05, 3.63) is 58.7 Å². The summed E-state index contributed by atoms with van der Waals surface area (Å²) in [5, 5.41) is 0.756. The fourth-order valence-electron chi connectivity index (χ4n) is 3.59. The molecule has 0 aliphatic heterocycles. The van der Waals surface area contributed by atoms with Gasteiger partial charge in [0.15, 0.2) is 15.6 Å². The van der Waals surface area contributed by atoms with Crippen molar-refractivity contribution in [1.29, 1.82) is 0 Å². The lowest BCUT2D eigenvalue weighted by Crippen LogP contribution is -2.19. The van der Waals surface area contributed by atoms with Crippen molar-refractivity contribution in [2.24, 2.45) is 0 Å². The summed E-state index contributed by atoms with van der Waals surface area (Å²) in [5.74, 6) is -0.179. The zero-order chi connectivity index (χ0) is 20.3. The van der Waals surface area contributed by atoms with E-state index in [1.807, 2.05) is 0 Å². The van der Waals surface area contributed by atoms with Crippen LogP contribution in [-0.4, -0.2) is 32.8 Å². The highest BCUT2D eigenvalue weighted by Gasteiger charge is 2.32. The zero-order valence-electron chi connectivity index (χ0n) is 14.8. The van der Waals surface area contributed by atoms with Gasteiger partial charge in [0.05, 0.1) is 15.3 Å². The van der Waals surface area contributed by atoms with Crippen LogP contribution in [0.25, 0.3) is 10.9 Å². The summed E-state index contributed by atoms with van der Waals surface area (Å²) in [4.78, 5) is 12.7. The van der Waals surface area contributed by atoms with Gasteiger partial charge in [-0.15, -0.1) is 0 Å². The molecule has 9 heteroatoms. The van der Waals surface area contributed by atoms with Crippen molar-refractivity contribution < 1.29 is 21.6 Å². The van der Waals surface area contributed by atoms with Crippen LogP contribution in [0.15, 0.2) is 52.3 Å². The van der Waals surface area contributed by atoms with Crippen molar-refractivity contribution in [3.8, 4) is 0 Å². The maximum atomic E-state index is 13.4. The first-order chi connectivity index (χ1) is 13.1. The average Bonchev–Trinajstić information content (AvgIpc) is 2.96. The van der Waals surface area contributed by atoms with Gasteiger partial charge in [-0.25, -0.2) is 20.8 Å². The highest BCUT2D eigenvalue weighted by molar-refractivity contribution is 7.90. The molecule has 0 radical (unpaired) electrons. The number of rotatable bonds is 3. The number of hydrogen-bond donors (Lipinski definition) is 0. The number of Topliss-reactive ketones (excluding diaryl/α,β-unsaturated/α-hetero) is 1. The average molecular weight is 438 g/mol. The molecule has 0 spiro atoms. The molecule has 146 valence electrons. The highest BCUT2D eigenvalue weighted by Crippen LogP contribution is 2.36. The fourth-order valence-corrected chi connectivity index (χ4v) is 5.95. The van der Waals surface area contributed by atoms with E-state index in [0.29, 0.717) is 46.4 Å². The Morgan fingerprint density at radius 1 is 0.929 bits per heavy atom. The van der Waals surface area contributed by atoms with Crippen LogP contribution in [0.3, 0.4) is 0 Å². The third-order valence-electron chi connectivity index (χ3n) is 4.87. The predicted octanol–water partition coefficient (Wildman–Crippen LogP) is 3.45. The van der Waals surface area contributed by atoms with Crippen LogP contribution in [-0.2, 0) is 26.3 Å². The van der Waals surface area contributed by atoms with Gasteiger partial charge >= 0.3 is 0 Å². The number of benzene rings is 2. The minimum absolute atomic E-state index is 0.0433. The van der Waals surface area contributed by atoms with Gasteiger partial charge in [-0.05, 0) is 55.3 Å². The maximum Gasteiger partial charge on any atom is 0.268 e. The Labute approximate surface area is 167 Å². The molecule has 1 heterocycles. The Kier molecular flexibility index (Phi) is 4.41. The highest BCUT2D eigenvalue weighted by atomic mass is 35.5. The van der Waals surface area contributed by atoms with E-state index in [4.69, 9.17) is 11.6 Å². The number of aromatic nitrogens is 1. The number of carbonyl (C=O) groups excluding carboxylic acids is 1. The molecular formula is C19H16ClNO5S2. The molecule has 0 atom stereocenters. The first kappa shape index (κ1) is 19.2.